The van der Waals surface area contributed by atoms with Crippen LogP contribution in [0, 0.1) is 23.7 Å². The fraction of sp³-hybridized carbons (Fsp3) is 0.783. The molecule has 93 heavy (non-hydrogen) atoms. The van der Waals surface area contributed by atoms with Crippen molar-refractivity contribution < 1.29 is 104 Å². The number of fused-ring (bicyclic) bond motifs is 5. The minimum atomic E-state index is -4.23. The molecule has 0 bridgehead atoms. The monoisotopic (exact) mass is 1340 g/mol. The van der Waals surface area contributed by atoms with Gasteiger partial charge in [-0.05, 0) is 99.5 Å². The Morgan fingerprint density at radius 1 is 0.731 bits per heavy atom. The molecule has 3 saturated heterocycles. The van der Waals surface area contributed by atoms with E-state index in [2.05, 4.69) is 17.2 Å². The van der Waals surface area contributed by atoms with Gasteiger partial charge in [-0.15, -0.1) is 0 Å². The molecule has 20 atom stereocenters. The number of ether oxygens (including phenoxy) is 11. The predicted molar refractivity (Wildman–Crippen MR) is 347 cm³/mol. The van der Waals surface area contributed by atoms with Gasteiger partial charge in [-0.1, -0.05) is 105 Å². The van der Waals surface area contributed by atoms with Crippen molar-refractivity contribution in [2.45, 2.75) is 276 Å². The predicted octanol–water partition coefficient (Wildman–Crippen LogP) is 9.79. The van der Waals surface area contributed by atoms with E-state index in [1.807, 2.05) is 56.3 Å². The first-order valence-electron chi connectivity index (χ1n) is 33.6. The molecule has 23 nitrogen and oxygen atoms in total. The van der Waals surface area contributed by atoms with Crippen LogP contribution in [-0.2, 0) is 62.1 Å². The lowest BCUT2D eigenvalue weighted by molar-refractivity contribution is -0.319. The average molecular weight is 1340 g/mol. The number of aliphatic hydroxyl groups is 4. The molecule has 0 aromatic heterocycles. The Balaban J connectivity index is 0.000000330. The van der Waals surface area contributed by atoms with E-state index in [1.54, 1.807) is 62.7 Å². The van der Waals surface area contributed by atoms with Crippen LogP contribution in [0.3, 0.4) is 0 Å². The summed E-state index contributed by atoms with van der Waals surface area (Å²) in [7, 11) is 4.29. The molecule has 0 amide bonds. The number of Topliss-reactive ketones (excluding diaryl/α,β-unsaturated/α-hetero) is 1. The molecular formula is C69H113NO22S. The van der Waals surface area contributed by atoms with Crippen LogP contribution in [0.5, 0.6) is 23.0 Å². The van der Waals surface area contributed by atoms with E-state index in [4.69, 9.17) is 56.7 Å². The molecule has 3 fully saturated rings. The van der Waals surface area contributed by atoms with E-state index < -0.39 is 124 Å². The molecule has 0 aliphatic carbocycles. The van der Waals surface area contributed by atoms with Gasteiger partial charge in [-0.25, -0.2) is 4.18 Å². The Bertz CT molecular complexity index is 2760. The van der Waals surface area contributed by atoms with Crippen molar-refractivity contribution in [2.75, 3.05) is 48.6 Å². The lowest BCUT2D eigenvalue weighted by atomic mass is 9.74. The fourth-order valence-electron chi connectivity index (χ4n) is 13.6. The molecule has 532 valence electrons. The SMILES string of the molecule is CCC(=O)OC1C(OC2C(C)C(OC3CC(C)(OC)C(O)C(C)O3)C(C)C(=O)OC(CC)C(C)(O)C(O)C(C)C(=O)C(C)CC2(C)O)OC(C)CC1N(C)C.CCCCCCCCCCCCOS(=O)(=O)O.COc1ccc2c(c1)OC1c3ccc(OC)cc3OCC21. The minimum absolute atomic E-state index is 0.00163. The van der Waals surface area contributed by atoms with Crippen LogP contribution in [0.15, 0.2) is 36.4 Å². The van der Waals surface area contributed by atoms with E-state index in [0.717, 1.165) is 41.4 Å². The van der Waals surface area contributed by atoms with Crippen molar-refractivity contribution in [3.8, 4) is 23.0 Å². The van der Waals surface area contributed by atoms with Crippen molar-refractivity contribution in [1.29, 1.82) is 0 Å². The highest BCUT2D eigenvalue weighted by Crippen LogP contribution is 2.52. The van der Waals surface area contributed by atoms with Crippen LogP contribution >= 0.6 is 0 Å². The highest BCUT2D eigenvalue weighted by atomic mass is 32.3. The van der Waals surface area contributed by atoms with E-state index in [0.29, 0.717) is 19.4 Å². The van der Waals surface area contributed by atoms with Gasteiger partial charge in [-0.3, -0.25) is 18.9 Å². The Hall–Kier alpha value is -4.28. The second-order valence-electron chi connectivity index (χ2n) is 27.0. The van der Waals surface area contributed by atoms with Gasteiger partial charge in [0, 0.05) is 61.0 Å². The van der Waals surface area contributed by atoms with Crippen molar-refractivity contribution in [3.05, 3.63) is 47.5 Å². The number of cyclic esters (lactones) is 1. The normalized spacial score (nSPS) is 34.7. The number of carbonyl (C=O) groups excluding carboxylic acids is 3. The fourth-order valence-corrected chi connectivity index (χ4v) is 13.9. The zero-order chi connectivity index (χ0) is 69.3. The first-order valence-corrected chi connectivity index (χ1v) is 34.9. The van der Waals surface area contributed by atoms with E-state index in [9.17, 15) is 43.2 Å². The third-order valence-electron chi connectivity index (χ3n) is 19.3. The standard InChI is InChI=1S/C40H71NO14.C17H16O4.C12H26O4S/c1-15-27-40(11,48)33(44)22(5)30(43)20(3)18-38(9,47)35(55-37-32(53-28(42)16-2)26(41(12)13)17-21(4)50-37)23(6)31(24(7)36(46)52-27)54-29-19-39(10,49-14)34(45)25(8)51-29;1-18-10-4-6-13-15(7-10)20-9-14-12-5-3-11(19-2)8-16(12)21-17(13)14;1-2-3-4-5-6-7-8-9-10-11-12-16-17(13,14)15/h20-27,29,31-35,37,44-45,47-48H,15-19H2,1-14H3;3-8,14,17H,9H2,1-2H3;2-12H2,1H3,(H,13,14,15). The van der Waals surface area contributed by atoms with Gasteiger partial charge in [0.25, 0.3) is 0 Å². The first kappa shape index (κ1) is 79.4. The van der Waals surface area contributed by atoms with Crippen molar-refractivity contribution in [1.82, 2.24) is 4.90 Å². The van der Waals surface area contributed by atoms with Gasteiger partial charge in [0.05, 0.1) is 87.0 Å². The molecule has 2 aromatic carbocycles. The minimum Gasteiger partial charge on any atom is -0.497 e. The average Bonchev–Trinajstić information content (AvgIpc) is 1.69. The Morgan fingerprint density at radius 3 is 1.88 bits per heavy atom. The first-order chi connectivity index (χ1) is 43.7. The number of unbranched alkanes of at least 4 members (excludes halogenated alkanes) is 9. The maximum atomic E-state index is 14.2. The Kier molecular flexibility index (Phi) is 30.6. The molecule has 0 saturated carbocycles. The number of carbonyl (C=O) groups is 3. The van der Waals surface area contributed by atoms with Crippen LogP contribution in [-0.4, -0.2) is 189 Å². The molecule has 5 N–H and O–H groups in total. The summed E-state index contributed by atoms with van der Waals surface area (Å²) in [6.07, 6.45) is 2.17. The number of hydrogen-bond acceptors (Lipinski definition) is 22. The molecule has 0 radical (unpaired) electrons. The summed E-state index contributed by atoms with van der Waals surface area (Å²) in [5.74, 6) is -2.03. The van der Waals surface area contributed by atoms with Crippen LogP contribution < -0.4 is 18.9 Å². The summed E-state index contributed by atoms with van der Waals surface area (Å²) in [6, 6.07) is 11.5. The molecule has 2 aromatic rings. The Morgan fingerprint density at radius 2 is 1.32 bits per heavy atom. The number of likely N-dealkylation sites (N-methyl/N-ethyl adjacent to an activating group) is 1. The number of benzene rings is 2. The number of aliphatic hydroxyl groups excluding tert-OH is 2. The van der Waals surface area contributed by atoms with Gasteiger partial charge < -0.3 is 77.4 Å². The quantitative estimate of drug-likeness (QED) is 0.0393. The van der Waals surface area contributed by atoms with E-state index >= 15 is 0 Å². The van der Waals surface area contributed by atoms with Crippen molar-refractivity contribution in [2.24, 2.45) is 23.7 Å². The largest absolute Gasteiger partial charge is 0.497 e. The molecule has 0 spiro atoms. The van der Waals surface area contributed by atoms with Crippen LogP contribution in [0.25, 0.3) is 0 Å². The van der Waals surface area contributed by atoms with Gasteiger partial charge >= 0.3 is 22.3 Å². The number of nitrogens with zero attached hydrogens (tertiary/aromatic N) is 1. The molecule has 5 aliphatic rings. The molecule has 5 heterocycles. The van der Waals surface area contributed by atoms with Crippen LogP contribution in [0.1, 0.15) is 203 Å². The second-order valence-corrected chi connectivity index (χ2v) is 28.1. The highest BCUT2D eigenvalue weighted by Gasteiger charge is 2.54. The smallest absolute Gasteiger partial charge is 0.397 e. The zero-order valence-electron chi connectivity index (χ0n) is 58.3. The molecule has 24 heteroatoms. The van der Waals surface area contributed by atoms with Crippen molar-refractivity contribution in [3.63, 3.8) is 0 Å². The van der Waals surface area contributed by atoms with E-state index in [-0.39, 0.29) is 56.5 Å². The maximum Gasteiger partial charge on any atom is 0.397 e. The lowest BCUT2D eigenvalue weighted by Gasteiger charge is -2.49. The molecule has 5 aliphatic heterocycles. The number of rotatable bonds is 23. The lowest BCUT2D eigenvalue weighted by Crippen LogP contribution is -2.61. The topological polar surface area (TPSA) is 301 Å². The summed E-state index contributed by atoms with van der Waals surface area (Å²) in [6.45, 7) is 20.9. The summed E-state index contributed by atoms with van der Waals surface area (Å²) in [5.41, 5.74) is -2.67. The number of esters is 2. The number of hydrogen-bond donors (Lipinski definition) is 5. The number of methoxy groups -OCH3 is 3. The van der Waals surface area contributed by atoms with Gasteiger partial charge in [-0.2, -0.15) is 8.42 Å². The molecule has 20 unspecified atom stereocenters. The Labute approximate surface area is 553 Å². The number of ketones is 1. The molecular weight excluding hydrogens is 1230 g/mol. The summed E-state index contributed by atoms with van der Waals surface area (Å²) >= 11 is 0. The summed E-state index contributed by atoms with van der Waals surface area (Å²) < 4.78 is 99.2. The highest BCUT2D eigenvalue weighted by molar-refractivity contribution is 7.80. The van der Waals surface area contributed by atoms with Crippen molar-refractivity contribution >= 4 is 28.1 Å². The zero-order valence-corrected chi connectivity index (χ0v) is 59.1. The summed E-state index contributed by atoms with van der Waals surface area (Å²) in [4.78, 5) is 42.9. The maximum absolute atomic E-state index is 14.2. The third kappa shape index (κ3) is 21.4. The molecule has 7 rings (SSSR count). The second kappa shape index (κ2) is 35.8. The van der Waals surface area contributed by atoms with Gasteiger partial charge in [0.1, 0.15) is 52.7 Å². The van der Waals surface area contributed by atoms with Crippen LogP contribution in [0.4, 0.5) is 0 Å². The summed E-state index contributed by atoms with van der Waals surface area (Å²) in [5, 5.41) is 46.6. The van der Waals surface area contributed by atoms with Gasteiger partial charge in [0.2, 0.25) is 0 Å². The van der Waals surface area contributed by atoms with E-state index in [1.165, 1.54) is 78.4 Å². The van der Waals surface area contributed by atoms with Crippen LogP contribution in [0.2, 0.25) is 0 Å². The third-order valence-corrected chi connectivity index (χ3v) is 19.7. The van der Waals surface area contributed by atoms with Gasteiger partial charge in [0.15, 0.2) is 18.7 Å².